The van der Waals surface area contributed by atoms with Crippen molar-refractivity contribution < 1.29 is 5.11 Å². The first-order valence-corrected chi connectivity index (χ1v) is 7.64. The monoisotopic (exact) mass is 262 g/mol. The molecule has 0 aromatic heterocycles. The molecule has 0 fully saturated rings. The van der Waals surface area contributed by atoms with Crippen molar-refractivity contribution in [3.63, 3.8) is 0 Å². The third kappa shape index (κ3) is 4.89. The van der Waals surface area contributed by atoms with Gasteiger partial charge in [0.1, 0.15) is 5.75 Å². The first-order valence-electron chi connectivity index (χ1n) is 7.64. The lowest BCUT2D eigenvalue weighted by Gasteiger charge is -2.31. The van der Waals surface area contributed by atoms with E-state index in [0.29, 0.717) is 23.0 Å². The molecule has 0 saturated heterocycles. The fraction of sp³-hybridized carbons (Fsp3) is 0.667. The molecule has 0 aliphatic carbocycles. The molecule has 2 unspecified atom stereocenters. The van der Waals surface area contributed by atoms with Crippen LogP contribution in [0.3, 0.4) is 0 Å². The van der Waals surface area contributed by atoms with Crippen molar-refractivity contribution >= 4 is 0 Å². The number of para-hydroxylation sites is 1. The molecule has 1 aromatic rings. The van der Waals surface area contributed by atoms with E-state index in [9.17, 15) is 5.11 Å². The number of hydrogen-bond acceptors (Lipinski definition) is 1. The van der Waals surface area contributed by atoms with Gasteiger partial charge < -0.3 is 5.11 Å². The number of hydrogen-bond donors (Lipinski definition) is 1. The summed E-state index contributed by atoms with van der Waals surface area (Å²) in [6.45, 7) is 11.5. The second-order valence-corrected chi connectivity index (χ2v) is 6.90. The van der Waals surface area contributed by atoms with Crippen LogP contribution in [0.15, 0.2) is 24.3 Å². The van der Waals surface area contributed by atoms with E-state index in [2.05, 4.69) is 40.7 Å². The molecular formula is C18H30O. The molecule has 19 heavy (non-hydrogen) atoms. The number of unbranched alkanes of at least 4 members (excludes halogenated alkanes) is 1. The van der Waals surface area contributed by atoms with Gasteiger partial charge in [-0.2, -0.15) is 0 Å². The molecule has 1 nitrogen and oxygen atoms in total. The average Bonchev–Trinajstić information content (AvgIpc) is 2.34. The smallest absolute Gasteiger partial charge is 0.119 e. The quantitative estimate of drug-likeness (QED) is 0.693. The maximum Gasteiger partial charge on any atom is 0.119 e. The van der Waals surface area contributed by atoms with Crippen molar-refractivity contribution in [3.8, 4) is 5.75 Å². The van der Waals surface area contributed by atoms with Crippen molar-refractivity contribution in [2.75, 3.05) is 0 Å². The van der Waals surface area contributed by atoms with E-state index in [-0.39, 0.29) is 0 Å². The van der Waals surface area contributed by atoms with Crippen LogP contribution in [0.25, 0.3) is 0 Å². The molecule has 0 aliphatic heterocycles. The van der Waals surface area contributed by atoms with Crippen LogP contribution in [0.5, 0.6) is 5.75 Å². The molecule has 0 heterocycles. The van der Waals surface area contributed by atoms with Gasteiger partial charge in [-0.15, -0.1) is 0 Å². The topological polar surface area (TPSA) is 20.2 Å². The molecule has 0 saturated carbocycles. The maximum absolute atomic E-state index is 10.1. The summed E-state index contributed by atoms with van der Waals surface area (Å²) in [5.74, 6) is 1.59. The van der Waals surface area contributed by atoms with Crippen molar-refractivity contribution in [1.29, 1.82) is 0 Å². The van der Waals surface area contributed by atoms with Gasteiger partial charge in [-0.3, -0.25) is 0 Å². The fourth-order valence-corrected chi connectivity index (χ4v) is 2.46. The Hall–Kier alpha value is -0.980. The number of benzene rings is 1. The van der Waals surface area contributed by atoms with E-state index in [0.717, 1.165) is 12.0 Å². The van der Waals surface area contributed by atoms with Crippen molar-refractivity contribution in [2.45, 2.75) is 66.2 Å². The fourth-order valence-electron chi connectivity index (χ4n) is 2.46. The van der Waals surface area contributed by atoms with Crippen LogP contribution < -0.4 is 0 Å². The third-order valence-electron chi connectivity index (χ3n) is 4.40. The minimum Gasteiger partial charge on any atom is -0.508 e. The van der Waals surface area contributed by atoms with Crippen molar-refractivity contribution in [3.05, 3.63) is 29.8 Å². The first kappa shape index (κ1) is 16.1. The maximum atomic E-state index is 10.1. The number of phenolic OH excluding ortho intramolecular Hbond substituents is 1. The standard InChI is InChI=1S/C18H30O/c1-6-7-10-15(13-14(2)18(3,4)5)16-11-8-9-12-17(16)19/h8-9,11-12,14-15,19H,6-7,10,13H2,1-5H3. The van der Waals surface area contributed by atoms with Gasteiger partial charge >= 0.3 is 0 Å². The summed E-state index contributed by atoms with van der Waals surface area (Å²) in [5, 5.41) is 10.1. The van der Waals surface area contributed by atoms with Crippen LogP contribution in [0.2, 0.25) is 0 Å². The van der Waals surface area contributed by atoms with Gasteiger partial charge in [-0.1, -0.05) is 65.7 Å². The summed E-state index contributed by atoms with van der Waals surface area (Å²) in [5.41, 5.74) is 1.46. The van der Waals surface area contributed by atoms with Crippen LogP contribution in [-0.2, 0) is 0 Å². The lowest BCUT2D eigenvalue weighted by atomic mass is 9.74. The molecule has 0 spiro atoms. The molecule has 0 aliphatic rings. The average molecular weight is 262 g/mol. The number of phenols is 1. The van der Waals surface area contributed by atoms with Crippen LogP contribution in [0, 0.1) is 11.3 Å². The van der Waals surface area contributed by atoms with Gasteiger partial charge in [0.2, 0.25) is 0 Å². The Morgan fingerprint density at radius 3 is 2.32 bits per heavy atom. The Labute approximate surface area is 119 Å². The van der Waals surface area contributed by atoms with Gasteiger partial charge in [0.05, 0.1) is 0 Å². The highest BCUT2D eigenvalue weighted by Crippen LogP contribution is 2.39. The lowest BCUT2D eigenvalue weighted by molar-refractivity contribution is 0.228. The number of aromatic hydroxyl groups is 1. The largest absolute Gasteiger partial charge is 0.508 e. The second-order valence-electron chi connectivity index (χ2n) is 6.90. The van der Waals surface area contributed by atoms with Gasteiger partial charge in [-0.25, -0.2) is 0 Å². The Bertz CT molecular complexity index is 376. The summed E-state index contributed by atoms with van der Waals surface area (Å²) >= 11 is 0. The molecule has 1 aromatic carbocycles. The minimum absolute atomic E-state index is 0.328. The SMILES string of the molecule is CCCCC(CC(C)C(C)(C)C)c1ccccc1O. The van der Waals surface area contributed by atoms with Gasteiger partial charge in [0, 0.05) is 0 Å². The normalized spacial score (nSPS) is 15.2. The molecule has 2 atom stereocenters. The zero-order valence-electron chi connectivity index (χ0n) is 13.2. The third-order valence-corrected chi connectivity index (χ3v) is 4.40. The first-order chi connectivity index (χ1) is 8.86. The van der Waals surface area contributed by atoms with E-state index < -0.39 is 0 Å². The van der Waals surface area contributed by atoms with Crippen LogP contribution in [-0.4, -0.2) is 5.11 Å². The summed E-state index contributed by atoms with van der Waals surface area (Å²) in [6.07, 6.45) is 4.78. The molecule has 0 radical (unpaired) electrons. The Kier molecular flexibility index (Phi) is 5.90. The highest BCUT2D eigenvalue weighted by molar-refractivity contribution is 5.34. The van der Waals surface area contributed by atoms with E-state index >= 15 is 0 Å². The van der Waals surface area contributed by atoms with Gasteiger partial charge in [-0.05, 0) is 41.7 Å². The Morgan fingerprint density at radius 2 is 1.79 bits per heavy atom. The van der Waals surface area contributed by atoms with Crippen LogP contribution in [0.4, 0.5) is 0 Å². The molecule has 0 amide bonds. The van der Waals surface area contributed by atoms with E-state index in [1.807, 2.05) is 18.2 Å². The Balaban J connectivity index is 2.86. The van der Waals surface area contributed by atoms with Crippen molar-refractivity contribution in [1.82, 2.24) is 0 Å². The molecule has 1 heteroatoms. The van der Waals surface area contributed by atoms with E-state index in [1.165, 1.54) is 19.3 Å². The summed E-state index contributed by atoms with van der Waals surface area (Å²) in [7, 11) is 0. The molecular weight excluding hydrogens is 232 g/mol. The highest BCUT2D eigenvalue weighted by Gasteiger charge is 2.25. The minimum atomic E-state index is 0.328. The van der Waals surface area contributed by atoms with Crippen LogP contribution >= 0.6 is 0 Å². The summed E-state index contributed by atoms with van der Waals surface area (Å²) in [4.78, 5) is 0. The van der Waals surface area contributed by atoms with Crippen molar-refractivity contribution in [2.24, 2.45) is 11.3 Å². The summed E-state index contributed by atoms with van der Waals surface area (Å²) in [6, 6.07) is 7.85. The van der Waals surface area contributed by atoms with Crippen LogP contribution in [0.1, 0.15) is 71.8 Å². The highest BCUT2D eigenvalue weighted by atomic mass is 16.3. The zero-order chi connectivity index (χ0) is 14.5. The number of rotatable bonds is 6. The molecule has 0 bridgehead atoms. The molecule has 1 N–H and O–H groups in total. The molecule has 1 rings (SSSR count). The summed E-state index contributed by atoms with van der Waals surface area (Å²) < 4.78 is 0. The second kappa shape index (κ2) is 6.98. The van der Waals surface area contributed by atoms with E-state index in [4.69, 9.17) is 0 Å². The van der Waals surface area contributed by atoms with Gasteiger partial charge in [0.15, 0.2) is 0 Å². The zero-order valence-corrected chi connectivity index (χ0v) is 13.2. The molecule has 108 valence electrons. The lowest BCUT2D eigenvalue weighted by Crippen LogP contribution is -2.20. The van der Waals surface area contributed by atoms with E-state index in [1.54, 1.807) is 0 Å². The predicted octanol–water partition coefficient (Wildman–Crippen LogP) is 5.74. The van der Waals surface area contributed by atoms with Gasteiger partial charge in [0.25, 0.3) is 0 Å². The predicted molar refractivity (Wildman–Crippen MR) is 83.6 cm³/mol. The Morgan fingerprint density at radius 1 is 1.16 bits per heavy atom.